The summed E-state index contributed by atoms with van der Waals surface area (Å²) < 4.78 is 24.3. The van der Waals surface area contributed by atoms with Crippen molar-refractivity contribution in [2.75, 3.05) is 39.5 Å². The number of ketones is 2. The number of amides is 1. The van der Waals surface area contributed by atoms with Crippen LogP contribution < -0.4 is 16.4 Å². The number of ether oxygens (including phenoxy) is 4. The molecule has 2 saturated heterocycles. The fourth-order valence-corrected chi connectivity index (χ4v) is 10.8. The zero-order valence-corrected chi connectivity index (χ0v) is 50.7. The van der Waals surface area contributed by atoms with E-state index in [1.54, 1.807) is 117 Å². The van der Waals surface area contributed by atoms with Gasteiger partial charge in [0.05, 0.1) is 85.5 Å². The fourth-order valence-electron chi connectivity index (χ4n) is 10.8. The zero-order chi connectivity index (χ0) is 63.5. The van der Waals surface area contributed by atoms with Crippen LogP contribution in [0.3, 0.4) is 0 Å². The second-order valence-electron chi connectivity index (χ2n) is 23.5. The van der Waals surface area contributed by atoms with Crippen molar-refractivity contribution < 1.29 is 89.2 Å². The van der Waals surface area contributed by atoms with Gasteiger partial charge in [0.15, 0.2) is 17.9 Å². The third-order valence-electron chi connectivity index (χ3n) is 15.5. The number of hydrogen-bond acceptors (Lipinski definition) is 21. The maximum absolute atomic E-state index is 13.9. The number of carbonyl (C=O) groups excluding carboxylic acids is 4. The fraction of sp³-hybridized carbons (Fsp3) is 0.625. The quantitative estimate of drug-likeness (QED) is 0.0682. The number of carbonyl (C=O) groups is 4. The van der Waals surface area contributed by atoms with Gasteiger partial charge in [0.2, 0.25) is 5.91 Å². The molecule has 4 rings (SSSR count). The van der Waals surface area contributed by atoms with Gasteiger partial charge >= 0.3 is 5.97 Å². The lowest BCUT2D eigenvalue weighted by molar-refractivity contribution is -0.307. The molecule has 0 aromatic heterocycles. The summed E-state index contributed by atoms with van der Waals surface area (Å²) in [5.41, 5.74) is 7.45. The normalized spacial score (nSPS) is 36.3. The Morgan fingerprint density at radius 3 is 1.92 bits per heavy atom. The van der Waals surface area contributed by atoms with Crippen LogP contribution in [0.2, 0.25) is 0 Å². The highest BCUT2D eigenvalue weighted by Crippen LogP contribution is 2.38. The Morgan fingerprint density at radius 2 is 1.31 bits per heavy atom. The van der Waals surface area contributed by atoms with Crippen LogP contribution >= 0.6 is 0 Å². The third-order valence-corrected chi connectivity index (χ3v) is 15.5. The lowest BCUT2D eigenvalue weighted by atomic mass is 9.82. The van der Waals surface area contributed by atoms with Gasteiger partial charge in [0.25, 0.3) is 0 Å². The second kappa shape index (κ2) is 37.7. The van der Waals surface area contributed by atoms with Crippen LogP contribution in [0.15, 0.2) is 109 Å². The summed E-state index contributed by atoms with van der Waals surface area (Å²) in [5.74, 6) is -6.43. The molecule has 3 aliphatic rings. The molecule has 0 saturated carbocycles. The highest BCUT2D eigenvalue weighted by molar-refractivity contribution is 5.96. The minimum absolute atomic E-state index is 0.102. The zero-order valence-electron chi connectivity index (χ0n) is 50.7. The van der Waals surface area contributed by atoms with E-state index in [4.69, 9.17) is 24.7 Å². The predicted molar refractivity (Wildman–Crippen MR) is 324 cm³/mol. The average molecular weight is 1210 g/mol. The largest absolute Gasteiger partial charge is 0.461 e. The molecule has 22 nitrogen and oxygen atoms in total. The molecule has 2 bridgehead atoms. The Kier molecular flexibility index (Phi) is 32.1. The van der Waals surface area contributed by atoms with Crippen LogP contribution in [0.5, 0.6) is 0 Å². The lowest BCUT2D eigenvalue weighted by Gasteiger charge is -2.46. The Bertz CT molecular complexity index is 2430. The minimum atomic E-state index is -2.28. The molecule has 3 heterocycles. The first-order valence-corrected chi connectivity index (χ1v) is 30.0. The number of aliphatic hydroxyl groups excluding tert-OH is 9. The minimum Gasteiger partial charge on any atom is -0.461 e. The van der Waals surface area contributed by atoms with Gasteiger partial charge in [0, 0.05) is 69.3 Å². The van der Waals surface area contributed by atoms with E-state index in [1.165, 1.54) is 0 Å². The van der Waals surface area contributed by atoms with Gasteiger partial charge < -0.3 is 91.3 Å². The van der Waals surface area contributed by atoms with Crippen molar-refractivity contribution in [2.24, 2.45) is 23.5 Å². The van der Waals surface area contributed by atoms with Crippen molar-refractivity contribution in [3.05, 3.63) is 115 Å². The van der Waals surface area contributed by atoms with Crippen LogP contribution in [-0.4, -0.2) is 211 Å². The number of nitrogens with zero attached hydrogens (tertiary/aromatic N) is 1. The molecule has 86 heavy (non-hydrogen) atoms. The summed E-state index contributed by atoms with van der Waals surface area (Å²) >= 11 is 0. The van der Waals surface area contributed by atoms with E-state index in [2.05, 4.69) is 10.6 Å². The van der Waals surface area contributed by atoms with Gasteiger partial charge in [-0.1, -0.05) is 98.9 Å². The molecule has 1 aromatic rings. The number of cyclic esters (lactones) is 1. The van der Waals surface area contributed by atoms with Gasteiger partial charge in [-0.2, -0.15) is 0 Å². The monoisotopic (exact) mass is 1210 g/mol. The van der Waals surface area contributed by atoms with E-state index in [-0.39, 0.29) is 56.3 Å². The average Bonchev–Trinajstić information content (AvgIpc) is 1.35. The number of esters is 1. The van der Waals surface area contributed by atoms with E-state index >= 15 is 0 Å². The van der Waals surface area contributed by atoms with Crippen molar-refractivity contribution in [3.63, 3.8) is 0 Å². The molecule has 0 aliphatic carbocycles. The van der Waals surface area contributed by atoms with Crippen molar-refractivity contribution in [1.82, 2.24) is 10.2 Å². The molecule has 3 aliphatic heterocycles. The Labute approximate surface area is 506 Å². The van der Waals surface area contributed by atoms with Crippen LogP contribution in [0, 0.1) is 17.8 Å². The number of rotatable bonds is 15. The van der Waals surface area contributed by atoms with Crippen molar-refractivity contribution >= 4 is 29.1 Å². The molecule has 482 valence electrons. The second-order valence-corrected chi connectivity index (χ2v) is 23.5. The molecule has 14 unspecified atom stereocenters. The maximum Gasteiger partial charge on any atom is 0.308 e. The number of nitrogens with one attached hydrogen (secondary N) is 2. The van der Waals surface area contributed by atoms with E-state index in [0.29, 0.717) is 24.9 Å². The SMILES string of the molecule is CNc1ccc(C(=O)CC(O)CCC(C)C2OC(=O)CC(O)CC(=O)CC(O)CC(O)CC(O)CC(O)CC3(O)CC(O)C(C(=O)NCCCN(C)C)C(CC(O[C@@H]4O[C@H](C)[C@@H](O)[C@H](N)[C@@H]4O)/C=C/C=C/C=C/C=C/C=C/C=C/C=C/C2C)O3)cc1. The molecule has 22 heteroatoms. The first-order valence-electron chi connectivity index (χ1n) is 30.0. The standard InChI is InChI=1S/C64H98N4O18/c1-40-20-17-15-13-11-9-7-8-10-12-14-16-18-21-52(84-63-60(80)58(65)59(79)42(3)83-63)37-55-57(62(81)67-28-19-29-68(5)6)54(77)39-64(82,86-55)38-51(75)34-49(73)32-47(71)30-46(70)31-48(72)33-50(74)36-56(78)85-61(40)41(2)22-27-45(69)35-53(76)43-23-25-44(66-4)26-24-43/h7-18,20-21,23-26,40-42,45-47,49-52,54-55,57-61,63,66,69-71,73-75,77,79-80,82H,19,22,27-39,65H2,1-6H3,(H,67,81)/b8-7+,11-9+,12-10+,15-13+,16-14+,20-17+,21-18+/t40?,41?,42-,45?,46?,47?,49?,50?,51?,52?,54?,55?,57?,58+,59-,60+,61?,63+,64?/m1/s1. The first-order chi connectivity index (χ1) is 40.8. The lowest BCUT2D eigenvalue weighted by Crippen LogP contribution is -2.62. The third kappa shape index (κ3) is 26.3. The molecular formula is C64H98N4O18. The molecule has 1 aromatic carbocycles. The maximum atomic E-state index is 13.9. The predicted octanol–water partition coefficient (Wildman–Crippen LogP) is 2.73. The Hall–Kier alpha value is -5.12. The van der Waals surface area contributed by atoms with Crippen LogP contribution in [0.25, 0.3) is 0 Å². The molecule has 2 fully saturated rings. The molecule has 0 radical (unpaired) electrons. The van der Waals surface area contributed by atoms with E-state index in [0.717, 1.165) is 5.69 Å². The topological polar surface area (TPSA) is 361 Å². The summed E-state index contributed by atoms with van der Waals surface area (Å²) in [5, 5.41) is 117. The summed E-state index contributed by atoms with van der Waals surface area (Å²) in [6.45, 7) is 6.18. The summed E-state index contributed by atoms with van der Waals surface area (Å²) in [7, 11) is 5.54. The van der Waals surface area contributed by atoms with Gasteiger partial charge in [-0.3, -0.25) is 19.2 Å². The summed E-state index contributed by atoms with van der Waals surface area (Å²) in [6, 6.07) is 5.78. The van der Waals surface area contributed by atoms with E-state index in [9.17, 15) is 70.2 Å². The number of hydrogen-bond donors (Lipinski definition) is 13. The first kappa shape index (κ1) is 73.4. The molecular weight excluding hydrogens is 1110 g/mol. The number of benzene rings is 1. The van der Waals surface area contributed by atoms with Gasteiger partial charge in [-0.15, -0.1) is 0 Å². The Balaban J connectivity index is 1.58. The van der Waals surface area contributed by atoms with E-state index in [1.807, 2.05) is 38.9 Å². The van der Waals surface area contributed by atoms with Crippen molar-refractivity contribution in [3.8, 4) is 0 Å². The number of nitrogens with two attached hydrogens (primary N) is 1. The molecule has 0 spiro atoms. The molecule has 19 atom stereocenters. The number of anilines is 1. The number of Topliss-reactive ketones (excluding diaryl/α,β-unsaturated/α-hetero) is 2. The van der Waals surface area contributed by atoms with E-state index < -0.39 is 160 Å². The summed E-state index contributed by atoms with van der Waals surface area (Å²) in [4.78, 5) is 55.2. The van der Waals surface area contributed by atoms with Gasteiger partial charge in [-0.05, 0) is 96.3 Å². The van der Waals surface area contributed by atoms with Crippen LogP contribution in [-0.2, 0) is 33.3 Å². The highest BCUT2D eigenvalue weighted by atomic mass is 16.7. The molecule has 14 N–H and O–H groups in total. The molecule has 1 amide bonds. The number of fused-ring (bicyclic) bond motifs is 2. The van der Waals surface area contributed by atoms with Gasteiger partial charge in [-0.25, -0.2) is 0 Å². The van der Waals surface area contributed by atoms with Gasteiger partial charge in [0.1, 0.15) is 18.0 Å². The number of aliphatic hydroxyl groups is 10. The smallest absolute Gasteiger partial charge is 0.308 e. The van der Waals surface area contributed by atoms with Crippen molar-refractivity contribution in [1.29, 1.82) is 0 Å². The van der Waals surface area contributed by atoms with Crippen molar-refractivity contribution in [2.45, 2.75) is 202 Å². The van der Waals surface area contributed by atoms with Crippen LogP contribution in [0.1, 0.15) is 115 Å². The van der Waals surface area contributed by atoms with Crippen LogP contribution in [0.4, 0.5) is 5.69 Å². The highest BCUT2D eigenvalue weighted by Gasteiger charge is 2.51. The summed E-state index contributed by atoms with van der Waals surface area (Å²) in [6.07, 6.45) is 3.97. The Morgan fingerprint density at radius 1 is 0.744 bits per heavy atom. The number of allylic oxidation sites excluding steroid dienone is 12.